The zero-order valence-electron chi connectivity index (χ0n) is 9.04. The molecule has 2 heteroatoms. The summed E-state index contributed by atoms with van der Waals surface area (Å²) in [5, 5.41) is 0.813. The van der Waals surface area contributed by atoms with Crippen molar-refractivity contribution in [2.24, 2.45) is 0 Å². The largest absolute Gasteiger partial charge is 0.292 e. The lowest BCUT2D eigenvalue weighted by atomic mass is 10.2. The Morgan fingerprint density at radius 2 is 2.00 bits per heavy atom. The molecular formula is C13H16ClN. The SMILES string of the molecule is CCC1=CCN(Cc2ccc(Cl)cc2)C1. The Hall–Kier alpha value is -0.790. The van der Waals surface area contributed by atoms with Crippen LogP contribution in [0.25, 0.3) is 0 Å². The molecule has 1 aromatic carbocycles. The van der Waals surface area contributed by atoms with Gasteiger partial charge in [0, 0.05) is 24.7 Å². The van der Waals surface area contributed by atoms with E-state index in [1.807, 2.05) is 12.1 Å². The molecule has 0 atom stereocenters. The van der Waals surface area contributed by atoms with Gasteiger partial charge in [-0.05, 0) is 24.1 Å². The highest BCUT2D eigenvalue weighted by molar-refractivity contribution is 6.30. The molecule has 0 aromatic heterocycles. The summed E-state index contributed by atoms with van der Waals surface area (Å²) in [6, 6.07) is 8.13. The maximum absolute atomic E-state index is 5.85. The number of benzene rings is 1. The van der Waals surface area contributed by atoms with E-state index in [9.17, 15) is 0 Å². The van der Waals surface area contributed by atoms with Crippen LogP contribution in [-0.2, 0) is 6.54 Å². The Bertz CT molecular complexity index is 353. The molecule has 0 amide bonds. The van der Waals surface area contributed by atoms with Gasteiger partial charge in [-0.25, -0.2) is 0 Å². The topological polar surface area (TPSA) is 3.24 Å². The van der Waals surface area contributed by atoms with Gasteiger partial charge >= 0.3 is 0 Å². The summed E-state index contributed by atoms with van der Waals surface area (Å²) in [6.07, 6.45) is 3.52. The zero-order valence-corrected chi connectivity index (χ0v) is 9.80. The van der Waals surface area contributed by atoms with Gasteiger partial charge in [0.05, 0.1) is 0 Å². The van der Waals surface area contributed by atoms with Crippen molar-refractivity contribution in [2.75, 3.05) is 13.1 Å². The summed E-state index contributed by atoms with van der Waals surface area (Å²) >= 11 is 5.85. The summed E-state index contributed by atoms with van der Waals surface area (Å²) in [5.41, 5.74) is 2.90. The van der Waals surface area contributed by atoms with Crippen molar-refractivity contribution in [1.29, 1.82) is 0 Å². The molecule has 0 radical (unpaired) electrons. The van der Waals surface area contributed by atoms with Crippen LogP contribution in [0.4, 0.5) is 0 Å². The third-order valence-electron chi connectivity index (χ3n) is 2.84. The normalized spacial score (nSPS) is 16.8. The molecule has 0 aliphatic carbocycles. The smallest absolute Gasteiger partial charge is 0.0406 e. The number of hydrogen-bond acceptors (Lipinski definition) is 1. The maximum Gasteiger partial charge on any atom is 0.0406 e. The van der Waals surface area contributed by atoms with Gasteiger partial charge in [0.15, 0.2) is 0 Å². The summed E-state index contributed by atoms with van der Waals surface area (Å²) in [6.45, 7) is 5.46. The Labute approximate surface area is 96.4 Å². The highest BCUT2D eigenvalue weighted by Gasteiger charge is 2.12. The second-order valence-corrected chi connectivity index (χ2v) is 4.45. The molecule has 80 valence electrons. The van der Waals surface area contributed by atoms with Crippen LogP contribution < -0.4 is 0 Å². The standard InChI is InChI=1S/C13H16ClN/c1-2-11-7-8-15(9-11)10-12-3-5-13(14)6-4-12/h3-7H,2,8-10H2,1H3. The molecule has 1 aliphatic rings. The van der Waals surface area contributed by atoms with Gasteiger partial charge in [0.2, 0.25) is 0 Å². The van der Waals surface area contributed by atoms with Gasteiger partial charge in [-0.15, -0.1) is 0 Å². The van der Waals surface area contributed by atoms with E-state index in [1.54, 1.807) is 5.57 Å². The number of nitrogens with zero attached hydrogens (tertiary/aromatic N) is 1. The molecule has 0 spiro atoms. The summed E-state index contributed by atoms with van der Waals surface area (Å²) in [4.78, 5) is 2.45. The van der Waals surface area contributed by atoms with E-state index < -0.39 is 0 Å². The van der Waals surface area contributed by atoms with Crippen molar-refractivity contribution in [3.8, 4) is 0 Å². The van der Waals surface area contributed by atoms with Crippen molar-refractivity contribution in [3.05, 3.63) is 46.5 Å². The monoisotopic (exact) mass is 221 g/mol. The number of halogens is 1. The fraction of sp³-hybridized carbons (Fsp3) is 0.385. The van der Waals surface area contributed by atoms with Crippen LogP contribution in [0.2, 0.25) is 5.02 Å². The van der Waals surface area contributed by atoms with Gasteiger partial charge < -0.3 is 0 Å². The minimum absolute atomic E-state index is 0.813. The molecule has 1 nitrogen and oxygen atoms in total. The van der Waals surface area contributed by atoms with E-state index in [0.29, 0.717) is 0 Å². The van der Waals surface area contributed by atoms with E-state index in [1.165, 1.54) is 12.0 Å². The molecule has 0 fully saturated rings. The minimum Gasteiger partial charge on any atom is -0.292 e. The summed E-state index contributed by atoms with van der Waals surface area (Å²) in [7, 11) is 0. The van der Waals surface area contributed by atoms with Gasteiger partial charge in [0.1, 0.15) is 0 Å². The second kappa shape index (κ2) is 4.82. The highest BCUT2D eigenvalue weighted by atomic mass is 35.5. The van der Waals surface area contributed by atoms with E-state index in [-0.39, 0.29) is 0 Å². The molecule has 2 rings (SSSR count). The number of hydrogen-bond donors (Lipinski definition) is 0. The average molecular weight is 222 g/mol. The Kier molecular flexibility index (Phi) is 3.45. The predicted octanol–water partition coefficient (Wildman–Crippen LogP) is 3.49. The zero-order chi connectivity index (χ0) is 10.7. The molecule has 0 N–H and O–H groups in total. The fourth-order valence-electron chi connectivity index (χ4n) is 1.90. The van der Waals surface area contributed by atoms with Crippen LogP contribution in [0.15, 0.2) is 35.9 Å². The fourth-order valence-corrected chi connectivity index (χ4v) is 2.03. The van der Waals surface area contributed by atoms with Crippen LogP contribution in [0.5, 0.6) is 0 Å². The van der Waals surface area contributed by atoms with Crippen LogP contribution >= 0.6 is 11.6 Å². The Balaban J connectivity index is 1.91. The number of rotatable bonds is 3. The van der Waals surface area contributed by atoms with E-state index in [4.69, 9.17) is 11.6 Å². The van der Waals surface area contributed by atoms with Gasteiger partial charge in [-0.2, -0.15) is 0 Å². The van der Waals surface area contributed by atoms with Gasteiger partial charge in [0.25, 0.3) is 0 Å². The van der Waals surface area contributed by atoms with Crippen LogP contribution in [0, 0.1) is 0 Å². The molecule has 0 bridgehead atoms. The van der Waals surface area contributed by atoms with Crippen LogP contribution in [0.3, 0.4) is 0 Å². The van der Waals surface area contributed by atoms with Crippen LogP contribution in [-0.4, -0.2) is 18.0 Å². The highest BCUT2D eigenvalue weighted by Crippen LogP contribution is 2.16. The summed E-state index contributed by atoms with van der Waals surface area (Å²) < 4.78 is 0. The molecule has 0 saturated carbocycles. The van der Waals surface area contributed by atoms with E-state index >= 15 is 0 Å². The van der Waals surface area contributed by atoms with Crippen LogP contribution in [0.1, 0.15) is 18.9 Å². The molecule has 0 unspecified atom stereocenters. The molecule has 1 aliphatic heterocycles. The van der Waals surface area contributed by atoms with E-state index in [2.05, 4.69) is 30.0 Å². The third kappa shape index (κ3) is 2.83. The van der Waals surface area contributed by atoms with Crippen molar-refractivity contribution < 1.29 is 0 Å². The first kappa shape index (κ1) is 10.7. The van der Waals surface area contributed by atoms with Gasteiger partial charge in [-0.3, -0.25) is 4.90 Å². The molecule has 1 heterocycles. The third-order valence-corrected chi connectivity index (χ3v) is 3.09. The quantitative estimate of drug-likeness (QED) is 0.707. The lowest BCUT2D eigenvalue weighted by Gasteiger charge is -2.15. The first-order valence-electron chi connectivity index (χ1n) is 5.42. The lowest BCUT2D eigenvalue weighted by Crippen LogP contribution is -2.20. The second-order valence-electron chi connectivity index (χ2n) is 4.01. The van der Waals surface area contributed by atoms with Crippen molar-refractivity contribution in [2.45, 2.75) is 19.9 Å². The van der Waals surface area contributed by atoms with Crippen molar-refractivity contribution in [3.63, 3.8) is 0 Å². The predicted molar refractivity (Wildman–Crippen MR) is 65.1 cm³/mol. The first-order chi connectivity index (χ1) is 7.28. The molecule has 15 heavy (non-hydrogen) atoms. The molecule has 1 aromatic rings. The molecule has 0 saturated heterocycles. The average Bonchev–Trinajstić information content (AvgIpc) is 2.69. The summed E-state index contributed by atoms with van der Waals surface area (Å²) in [5.74, 6) is 0. The van der Waals surface area contributed by atoms with Crippen molar-refractivity contribution >= 4 is 11.6 Å². The Morgan fingerprint density at radius 3 is 2.60 bits per heavy atom. The lowest BCUT2D eigenvalue weighted by molar-refractivity contribution is 0.339. The molecular weight excluding hydrogens is 206 g/mol. The maximum atomic E-state index is 5.85. The van der Waals surface area contributed by atoms with Gasteiger partial charge in [-0.1, -0.05) is 42.3 Å². The first-order valence-corrected chi connectivity index (χ1v) is 5.80. The van der Waals surface area contributed by atoms with Crippen molar-refractivity contribution in [1.82, 2.24) is 4.90 Å². The van der Waals surface area contributed by atoms with E-state index in [0.717, 1.165) is 24.7 Å². The minimum atomic E-state index is 0.813. The Morgan fingerprint density at radius 1 is 1.27 bits per heavy atom.